The minimum absolute atomic E-state index is 0.0946. The van der Waals surface area contributed by atoms with Crippen LogP contribution in [0, 0.1) is 17.8 Å². The van der Waals surface area contributed by atoms with Gasteiger partial charge in [0, 0.05) is 25.1 Å². The monoisotopic (exact) mass is 258 g/mol. The largest absolute Gasteiger partial charge is 0.356 e. The van der Waals surface area contributed by atoms with Crippen LogP contribution in [0.25, 0.3) is 0 Å². The highest BCUT2D eigenvalue weighted by atomic mass is 16.1. The minimum atomic E-state index is 0.0946. The van der Waals surface area contributed by atoms with Gasteiger partial charge in [-0.15, -0.1) is 0 Å². The fourth-order valence-electron chi connectivity index (χ4n) is 1.43. The lowest BCUT2D eigenvalue weighted by molar-refractivity contribution is -0.121. The van der Waals surface area contributed by atoms with Crippen molar-refractivity contribution in [2.75, 3.05) is 19.6 Å². The van der Waals surface area contributed by atoms with Crippen LogP contribution in [0.4, 0.5) is 0 Å². The molecule has 3 heteroatoms. The van der Waals surface area contributed by atoms with Crippen molar-refractivity contribution in [1.82, 2.24) is 10.6 Å². The molecule has 0 radical (unpaired) electrons. The second kappa shape index (κ2) is 9.18. The average Bonchev–Trinajstić information content (AvgIpc) is 2.41. The van der Waals surface area contributed by atoms with Crippen LogP contribution in [-0.2, 0) is 4.79 Å². The molecule has 0 atom stereocenters. The summed E-state index contributed by atoms with van der Waals surface area (Å²) in [6.07, 6.45) is 0.500. The third kappa shape index (κ3) is 8.01. The molecule has 0 saturated carbocycles. The summed E-state index contributed by atoms with van der Waals surface area (Å²) in [5.74, 6) is 6.68. The van der Waals surface area contributed by atoms with E-state index in [0.29, 0.717) is 25.4 Å². The van der Waals surface area contributed by atoms with Gasteiger partial charge in [0.1, 0.15) is 0 Å². The standard InChI is InChI=1S/C16H22N2O/c1-14(2)13-18-16(19)10-12-17-11-6-9-15-7-4-3-5-8-15/h3-5,7-8,14,17H,10-13H2,1-2H3,(H,18,19). The molecule has 1 aromatic rings. The van der Waals surface area contributed by atoms with E-state index >= 15 is 0 Å². The van der Waals surface area contributed by atoms with Crippen LogP contribution in [0.2, 0.25) is 0 Å². The van der Waals surface area contributed by atoms with Crippen molar-refractivity contribution in [3.63, 3.8) is 0 Å². The van der Waals surface area contributed by atoms with Crippen molar-refractivity contribution < 1.29 is 4.79 Å². The zero-order valence-corrected chi connectivity index (χ0v) is 11.7. The second-order valence-corrected chi connectivity index (χ2v) is 4.79. The zero-order chi connectivity index (χ0) is 13.9. The molecule has 0 spiro atoms. The molecular formula is C16H22N2O. The summed E-state index contributed by atoms with van der Waals surface area (Å²) >= 11 is 0. The lowest BCUT2D eigenvalue weighted by Crippen LogP contribution is -2.30. The molecule has 3 nitrogen and oxygen atoms in total. The predicted molar refractivity (Wildman–Crippen MR) is 78.7 cm³/mol. The smallest absolute Gasteiger partial charge is 0.221 e. The third-order valence-corrected chi connectivity index (χ3v) is 2.46. The summed E-state index contributed by atoms with van der Waals surface area (Å²) < 4.78 is 0. The molecule has 0 unspecified atom stereocenters. The Bertz CT molecular complexity index is 429. The van der Waals surface area contributed by atoms with Crippen LogP contribution in [0.3, 0.4) is 0 Å². The van der Waals surface area contributed by atoms with E-state index in [9.17, 15) is 4.79 Å². The molecule has 0 aliphatic rings. The SMILES string of the molecule is CC(C)CNC(=O)CCNCC#Cc1ccccc1. The van der Waals surface area contributed by atoms with Gasteiger partial charge in [0.2, 0.25) is 5.91 Å². The summed E-state index contributed by atoms with van der Waals surface area (Å²) in [7, 11) is 0. The third-order valence-electron chi connectivity index (χ3n) is 2.46. The number of carbonyl (C=O) groups excluding carboxylic acids is 1. The van der Waals surface area contributed by atoms with Gasteiger partial charge >= 0.3 is 0 Å². The first kappa shape index (κ1) is 15.3. The molecule has 2 N–H and O–H groups in total. The molecule has 0 aliphatic heterocycles. The van der Waals surface area contributed by atoms with Gasteiger partial charge in [0.15, 0.2) is 0 Å². The number of rotatable bonds is 6. The van der Waals surface area contributed by atoms with Crippen LogP contribution in [0.5, 0.6) is 0 Å². The molecule has 0 saturated heterocycles. The van der Waals surface area contributed by atoms with Crippen molar-refractivity contribution in [2.45, 2.75) is 20.3 Å². The van der Waals surface area contributed by atoms with Gasteiger partial charge in [-0.05, 0) is 18.1 Å². The molecule has 1 amide bonds. The van der Waals surface area contributed by atoms with E-state index in [4.69, 9.17) is 0 Å². The van der Waals surface area contributed by atoms with E-state index in [1.807, 2.05) is 30.3 Å². The Kier molecular flexibility index (Phi) is 7.38. The van der Waals surface area contributed by atoms with E-state index in [2.05, 4.69) is 36.3 Å². The molecule has 1 aromatic carbocycles. The van der Waals surface area contributed by atoms with Crippen molar-refractivity contribution in [3.8, 4) is 11.8 Å². The Balaban J connectivity index is 2.09. The van der Waals surface area contributed by atoms with Gasteiger partial charge in [-0.25, -0.2) is 0 Å². The summed E-state index contributed by atoms with van der Waals surface area (Å²) in [5.41, 5.74) is 1.01. The normalized spacial score (nSPS) is 9.84. The van der Waals surface area contributed by atoms with E-state index in [1.54, 1.807) is 0 Å². The van der Waals surface area contributed by atoms with Crippen molar-refractivity contribution in [3.05, 3.63) is 35.9 Å². The fraction of sp³-hybridized carbons (Fsp3) is 0.438. The topological polar surface area (TPSA) is 41.1 Å². The summed E-state index contributed by atoms with van der Waals surface area (Å²) in [5, 5.41) is 6.02. The highest BCUT2D eigenvalue weighted by Gasteiger charge is 2.00. The zero-order valence-electron chi connectivity index (χ0n) is 11.7. The fourth-order valence-corrected chi connectivity index (χ4v) is 1.43. The number of hydrogen-bond donors (Lipinski definition) is 2. The maximum Gasteiger partial charge on any atom is 0.221 e. The molecule has 0 fully saturated rings. The van der Waals surface area contributed by atoms with E-state index in [1.165, 1.54) is 0 Å². The molecule has 19 heavy (non-hydrogen) atoms. The lowest BCUT2D eigenvalue weighted by atomic mass is 10.2. The van der Waals surface area contributed by atoms with Gasteiger partial charge in [0.05, 0.1) is 6.54 Å². The molecule has 1 rings (SSSR count). The predicted octanol–water partition coefficient (Wildman–Crippen LogP) is 1.79. The molecule has 102 valence electrons. The van der Waals surface area contributed by atoms with Gasteiger partial charge < -0.3 is 10.6 Å². The van der Waals surface area contributed by atoms with Crippen molar-refractivity contribution >= 4 is 5.91 Å². The maximum atomic E-state index is 11.4. The first-order chi connectivity index (χ1) is 9.18. The summed E-state index contributed by atoms with van der Waals surface area (Å²) in [6, 6.07) is 9.87. The molecule has 0 aliphatic carbocycles. The minimum Gasteiger partial charge on any atom is -0.356 e. The van der Waals surface area contributed by atoms with Gasteiger partial charge in [-0.2, -0.15) is 0 Å². The Morgan fingerprint density at radius 3 is 2.68 bits per heavy atom. The highest BCUT2D eigenvalue weighted by molar-refractivity contribution is 5.76. The molecule has 0 bridgehead atoms. The lowest BCUT2D eigenvalue weighted by Gasteiger charge is -2.07. The first-order valence-corrected chi connectivity index (χ1v) is 6.70. The first-order valence-electron chi connectivity index (χ1n) is 6.70. The highest BCUT2D eigenvalue weighted by Crippen LogP contribution is 1.94. The number of nitrogens with one attached hydrogen (secondary N) is 2. The van der Waals surface area contributed by atoms with Crippen molar-refractivity contribution in [2.24, 2.45) is 5.92 Å². The second-order valence-electron chi connectivity index (χ2n) is 4.79. The maximum absolute atomic E-state index is 11.4. The van der Waals surface area contributed by atoms with Crippen LogP contribution in [0.1, 0.15) is 25.8 Å². The van der Waals surface area contributed by atoms with Crippen molar-refractivity contribution in [1.29, 1.82) is 0 Å². The van der Waals surface area contributed by atoms with Gasteiger partial charge in [-0.1, -0.05) is 43.9 Å². The summed E-state index contributed by atoms with van der Waals surface area (Å²) in [6.45, 7) is 6.17. The number of carbonyl (C=O) groups is 1. The molecular weight excluding hydrogens is 236 g/mol. The Labute approximate surface area is 115 Å². The van der Waals surface area contributed by atoms with E-state index in [-0.39, 0.29) is 5.91 Å². The Morgan fingerprint density at radius 1 is 1.26 bits per heavy atom. The summed E-state index contributed by atoms with van der Waals surface area (Å²) in [4.78, 5) is 11.4. The van der Waals surface area contributed by atoms with E-state index in [0.717, 1.165) is 12.1 Å². The number of hydrogen-bond acceptors (Lipinski definition) is 2. The van der Waals surface area contributed by atoms with E-state index < -0.39 is 0 Å². The van der Waals surface area contributed by atoms with Crippen LogP contribution >= 0.6 is 0 Å². The Hall–Kier alpha value is -1.79. The number of benzene rings is 1. The average molecular weight is 258 g/mol. The molecule has 0 aromatic heterocycles. The van der Waals surface area contributed by atoms with Crippen LogP contribution < -0.4 is 10.6 Å². The number of amides is 1. The quantitative estimate of drug-likeness (QED) is 0.603. The van der Waals surface area contributed by atoms with Gasteiger partial charge in [0.25, 0.3) is 0 Å². The molecule has 0 heterocycles. The Morgan fingerprint density at radius 2 is 2.00 bits per heavy atom. The van der Waals surface area contributed by atoms with Gasteiger partial charge in [-0.3, -0.25) is 4.79 Å². The van der Waals surface area contributed by atoms with Crippen LogP contribution in [0.15, 0.2) is 30.3 Å². The van der Waals surface area contributed by atoms with Crippen LogP contribution in [-0.4, -0.2) is 25.5 Å².